The van der Waals surface area contributed by atoms with E-state index in [1.165, 1.54) is 0 Å². The van der Waals surface area contributed by atoms with Gasteiger partial charge in [-0.05, 0) is 18.2 Å². The molecule has 6 nitrogen and oxygen atoms in total. The van der Waals surface area contributed by atoms with Crippen molar-refractivity contribution in [3.8, 4) is 11.4 Å². The van der Waals surface area contributed by atoms with Gasteiger partial charge in [-0.1, -0.05) is 12.1 Å². The van der Waals surface area contributed by atoms with E-state index < -0.39 is 0 Å². The molecule has 0 unspecified atom stereocenters. The maximum Gasteiger partial charge on any atom is 0.259 e. The number of fused-ring (bicyclic) bond motifs is 2. The molecule has 0 bridgehead atoms. The molecule has 0 radical (unpaired) electrons. The zero-order valence-corrected chi connectivity index (χ0v) is 10.7. The largest absolute Gasteiger partial charge is 0.338 e. The third-order valence-electron chi connectivity index (χ3n) is 3.28. The van der Waals surface area contributed by atoms with Crippen LogP contribution < -0.4 is 5.56 Å². The van der Waals surface area contributed by atoms with Crippen LogP contribution in [0.5, 0.6) is 0 Å². The standard InChI is InChI=1S/C14H11N5O/c1-19-7-12-11(18-19)6-8(14(20)17-12)13-15-9-4-2-3-5-10(9)16-13/h2-7H,1H3,(H,15,16)(H,17,20). The van der Waals surface area contributed by atoms with Gasteiger partial charge in [-0.25, -0.2) is 4.98 Å². The van der Waals surface area contributed by atoms with Crippen LogP contribution in [0.4, 0.5) is 0 Å². The predicted molar refractivity (Wildman–Crippen MR) is 76.4 cm³/mol. The molecule has 0 aliphatic carbocycles. The summed E-state index contributed by atoms with van der Waals surface area (Å²) in [7, 11) is 1.82. The minimum absolute atomic E-state index is 0.176. The number of aromatic nitrogens is 5. The number of hydrogen-bond donors (Lipinski definition) is 2. The summed E-state index contributed by atoms with van der Waals surface area (Å²) in [6.07, 6.45) is 1.78. The van der Waals surface area contributed by atoms with Crippen molar-refractivity contribution in [3.05, 3.63) is 46.9 Å². The smallest absolute Gasteiger partial charge is 0.259 e. The van der Waals surface area contributed by atoms with Gasteiger partial charge in [0.1, 0.15) is 11.3 Å². The Kier molecular flexibility index (Phi) is 2.09. The molecule has 0 fully saturated rings. The lowest BCUT2D eigenvalue weighted by atomic mass is 10.2. The van der Waals surface area contributed by atoms with Crippen molar-refractivity contribution >= 4 is 22.1 Å². The zero-order chi connectivity index (χ0) is 13.7. The fourth-order valence-electron chi connectivity index (χ4n) is 2.36. The van der Waals surface area contributed by atoms with Gasteiger partial charge in [-0.3, -0.25) is 9.48 Å². The minimum atomic E-state index is -0.176. The quantitative estimate of drug-likeness (QED) is 0.551. The fourth-order valence-corrected chi connectivity index (χ4v) is 2.36. The highest BCUT2D eigenvalue weighted by Gasteiger charge is 2.11. The average Bonchev–Trinajstić information content (AvgIpc) is 2.99. The molecule has 1 aromatic carbocycles. The highest BCUT2D eigenvalue weighted by atomic mass is 16.1. The number of benzene rings is 1. The van der Waals surface area contributed by atoms with Crippen LogP contribution in [0.3, 0.4) is 0 Å². The van der Waals surface area contributed by atoms with Crippen molar-refractivity contribution in [2.24, 2.45) is 7.05 Å². The topological polar surface area (TPSA) is 79.4 Å². The Bertz CT molecular complexity index is 959. The van der Waals surface area contributed by atoms with Gasteiger partial charge >= 0.3 is 0 Å². The van der Waals surface area contributed by atoms with E-state index in [0.29, 0.717) is 11.4 Å². The molecule has 6 heteroatoms. The van der Waals surface area contributed by atoms with Crippen LogP contribution in [0.25, 0.3) is 33.5 Å². The molecule has 3 aromatic heterocycles. The van der Waals surface area contributed by atoms with E-state index in [1.807, 2.05) is 31.3 Å². The zero-order valence-electron chi connectivity index (χ0n) is 10.7. The van der Waals surface area contributed by atoms with E-state index in [4.69, 9.17) is 0 Å². The normalized spacial score (nSPS) is 11.4. The second kappa shape index (κ2) is 3.80. The predicted octanol–water partition coefficient (Wildman–Crippen LogP) is 1.80. The number of nitrogens with zero attached hydrogens (tertiary/aromatic N) is 3. The van der Waals surface area contributed by atoms with Crippen molar-refractivity contribution in [2.45, 2.75) is 0 Å². The van der Waals surface area contributed by atoms with Crippen LogP contribution in [0.1, 0.15) is 0 Å². The molecule has 0 saturated carbocycles. The Morgan fingerprint density at radius 1 is 1.10 bits per heavy atom. The molecular formula is C14H11N5O. The van der Waals surface area contributed by atoms with E-state index in [9.17, 15) is 4.79 Å². The van der Waals surface area contributed by atoms with E-state index in [2.05, 4.69) is 20.1 Å². The Balaban J connectivity index is 2.00. The number of imidazole rings is 1. The number of H-pyrrole nitrogens is 2. The van der Waals surface area contributed by atoms with Crippen LogP contribution in [0.2, 0.25) is 0 Å². The van der Waals surface area contributed by atoms with Crippen LogP contribution in [-0.4, -0.2) is 24.7 Å². The van der Waals surface area contributed by atoms with Crippen LogP contribution in [-0.2, 0) is 7.05 Å². The Morgan fingerprint density at radius 2 is 1.95 bits per heavy atom. The molecule has 20 heavy (non-hydrogen) atoms. The molecule has 3 heterocycles. The van der Waals surface area contributed by atoms with Crippen LogP contribution in [0, 0.1) is 0 Å². The maximum absolute atomic E-state index is 12.2. The molecule has 0 spiro atoms. The summed E-state index contributed by atoms with van der Waals surface area (Å²) in [5, 5.41) is 4.30. The maximum atomic E-state index is 12.2. The van der Waals surface area contributed by atoms with Crippen LogP contribution in [0.15, 0.2) is 41.3 Å². The lowest BCUT2D eigenvalue weighted by Gasteiger charge is -1.95. The van der Waals surface area contributed by atoms with E-state index in [0.717, 1.165) is 22.1 Å². The number of hydrogen-bond acceptors (Lipinski definition) is 3. The first-order valence-corrected chi connectivity index (χ1v) is 6.22. The Hall–Kier alpha value is -2.89. The van der Waals surface area contributed by atoms with Gasteiger partial charge in [0.25, 0.3) is 5.56 Å². The molecule has 0 aliphatic rings. The lowest BCUT2D eigenvalue weighted by Crippen LogP contribution is -2.08. The minimum Gasteiger partial charge on any atom is -0.338 e. The van der Waals surface area contributed by atoms with Gasteiger partial charge < -0.3 is 9.97 Å². The second-order valence-corrected chi connectivity index (χ2v) is 4.72. The molecule has 0 atom stereocenters. The third-order valence-corrected chi connectivity index (χ3v) is 3.28. The first kappa shape index (κ1) is 11.0. The van der Waals surface area contributed by atoms with E-state index >= 15 is 0 Å². The third kappa shape index (κ3) is 1.55. The summed E-state index contributed by atoms with van der Waals surface area (Å²) in [5.74, 6) is 0.556. The van der Waals surface area contributed by atoms with Crippen LogP contribution >= 0.6 is 0 Å². The number of aromatic amines is 2. The van der Waals surface area contributed by atoms with Gasteiger partial charge in [0.15, 0.2) is 0 Å². The molecule has 2 N–H and O–H groups in total. The first-order valence-electron chi connectivity index (χ1n) is 6.22. The number of para-hydroxylation sites is 2. The first-order chi connectivity index (χ1) is 9.70. The highest BCUT2D eigenvalue weighted by Crippen LogP contribution is 2.19. The van der Waals surface area contributed by atoms with Gasteiger partial charge in [-0.2, -0.15) is 5.10 Å². The fraction of sp³-hybridized carbons (Fsp3) is 0.0714. The lowest BCUT2D eigenvalue weighted by molar-refractivity contribution is 0.779. The van der Waals surface area contributed by atoms with Gasteiger partial charge in [0.05, 0.1) is 22.1 Å². The summed E-state index contributed by atoms with van der Waals surface area (Å²) in [6, 6.07) is 9.43. The van der Waals surface area contributed by atoms with Gasteiger partial charge in [0.2, 0.25) is 0 Å². The molecule has 98 valence electrons. The molecule has 4 aromatic rings. The SMILES string of the molecule is Cn1cc2[nH]c(=O)c(-c3nc4ccccc4[nH]3)cc2n1. The van der Waals surface area contributed by atoms with Crippen molar-refractivity contribution in [1.29, 1.82) is 0 Å². The average molecular weight is 265 g/mol. The number of pyridine rings is 1. The van der Waals surface area contributed by atoms with E-state index in [1.54, 1.807) is 16.9 Å². The van der Waals surface area contributed by atoms with Crippen molar-refractivity contribution in [3.63, 3.8) is 0 Å². The molecule has 0 amide bonds. The Labute approximate surface area is 113 Å². The van der Waals surface area contributed by atoms with Gasteiger partial charge in [0, 0.05) is 13.2 Å². The monoisotopic (exact) mass is 265 g/mol. The summed E-state index contributed by atoms with van der Waals surface area (Å²) in [6.45, 7) is 0. The molecule has 0 saturated heterocycles. The summed E-state index contributed by atoms with van der Waals surface area (Å²) in [5.41, 5.74) is 3.52. The number of aryl methyl sites for hydroxylation is 1. The highest BCUT2D eigenvalue weighted by molar-refractivity contribution is 5.82. The molecule has 4 rings (SSSR count). The second-order valence-electron chi connectivity index (χ2n) is 4.72. The summed E-state index contributed by atoms with van der Waals surface area (Å²) in [4.78, 5) is 22.6. The number of nitrogens with one attached hydrogen (secondary N) is 2. The summed E-state index contributed by atoms with van der Waals surface area (Å²) < 4.78 is 1.67. The summed E-state index contributed by atoms with van der Waals surface area (Å²) >= 11 is 0. The molecular weight excluding hydrogens is 254 g/mol. The van der Waals surface area contributed by atoms with Crippen molar-refractivity contribution in [1.82, 2.24) is 24.7 Å². The van der Waals surface area contributed by atoms with Crippen molar-refractivity contribution in [2.75, 3.05) is 0 Å². The Morgan fingerprint density at radius 3 is 2.80 bits per heavy atom. The van der Waals surface area contributed by atoms with Crippen molar-refractivity contribution < 1.29 is 0 Å². The molecule has 0 aliphatic heterocycles. The van der Waals surface area contributed by atoms with E-state index in [-0.39, 0.29) is 5.56 Å². The van der Waals surface area contributed by atoms with Gasteiger partial charge in [-0.15, -0.1) is 0 Å². The number of rotatable bonds is 1.